The van der Waals surface area contributed by atoms with Crippen LogP contribution >= 0.6 is 46.4 Å². The van der Waals surface area contributed by atoms with E-state index in [2.05, 4.69) is 0 Å². The maximum absolute atomic E-state index is 13.0. The Balaban J connectivity index is 2.63. The van der Waals surface area contributed by atoms with Crippen molar-refractivity contribution in [3.8, 4) is 11.5 Å². The molecule has 3 aromatic rings. The number of aromatic hydroxyl groups is 2. The van der Waals surface area contributed by atoms with E-state index in [0.717, 1.165) is 12.1 Å². The van der Waals surface area contributed by atoms with E-state index < -0.39 is 14.9 Å². The van der Waals surface area contributed by atoms with Crippen LogP contribution in [0.25, 0.3) is 0 Å². The predicted molar refractivity (Wildman–Crippen MR) is 114 cm³/mol. The molecule has 3 aromatic carbocycles. The maximum atomic E-state index is 13.0. The summed E-state index contributed by atoms with van der Waals surface area (Å²) in [6.45, 7) is 0. The monoisotopic (exact) mass is 492 g/mol. The van der Waals surface area contributed by atoms with Gasteiger partial charge in [-0.3, -0.25) is 4.55 Å². The largest absolute Gasteiger partial charge is 0.508 e. The lowest BCUT2D eigenvalue weighted by molar-refractivity contribution is 0.455. The molecule has 3 rings (SSSR count). The van der Waals surface area contributed by atoms with E-state index in [0.29, 0.717) is 0 Å². The second-order valence-corrected chi connectivity index (χ2v) is 9.40. The van der Waals surface area contributed by atoms with Gasteiger partial charge in [0.15, 0.2) is 4.75 Å². The van der Waals surface area contributed by atoms with Crippen molar-refractivity contribution in [2.75, 3.05) is 0 Å². The molecule has 0 aromatic heterocycles. The first-order valence-electron chi connectivity index (χ1n) is 7.88. The Kier molecular flexibility index (Phi) is 5.98. The van der Waals surface area contributed by atoms with Crippen LogP contribution < -0.4 is 0 Å². The average molecular weight is 494 g/mol. The summed E-state index contributed by atoms with van der Waals surface area (Å²) in [5.41, 5.74) is -0.463. The van der Waals surface area contributed by atoms with Crippen LogP contribution in [0.15, 0.2) is 54.6 Å². The Morgan fingerprint density at radius 1 is 0.724 bits per heavy atom. The molecule has 0 radical (unpaired) electrons. The van der Waals surface area contributed by atoms with Crippen molar-refractivity contribution in [2.24, 2.45) is 0 Å². The van der Waals surface area contributed by atoms with Gasteiger partial charge in [-0.25, -0.2) is 0 Å². The van der Waals surface area contributed by atoms with Gasteiger partial charge in [-0.2, -0.15) is 8.42 Å². The number of benzene rings is 3. The molecule has 10 heteroatoms. The molecule has 0 spiro atoms. The molecule has 0 amide bonds. The highest BCUT2D eigenvalue weighted by atomic mass is 35.5. The van der Waals surface area contributed by atoms with Gasteiger partial charge in [0.2, 0.25) is 0 Å². The average Bonchev–Trinajstić information content (AvgIpc) is 2.55. The predicted octanol–water partition coefficient (Wildman–Crippen LogP) is 5.89. The van der Waals surface area contributed by atoms with E-state index in [1.165, 1.54) is 42.5 Å². The number of hydrogen-bond acceptors (Lipinski definition) is 4. The number of hydrogen-bond donors (Lipinski definition) is 3. The zero-order chi connectivity index (χ0) is 21.6. The highest BCUT2D eigenvalue weighted by Gasteiger charge is 2.51. The first kappa shape index (κ1) is 22.0. The van der Waals surface area contributed by atoms with Crippen molar-refractivity contribution in [1.29, 1.82) is 0 Å². The minimum absolute atomic E-state index is 0.00520. The Morgan fingerprint density at radius 3 is 1.79 bits per heavy atom. The summed E-state index contributed by atoms with van der Waals surface area (Å²) in [4.78, 5) is 0. The molecule has 0 fully saturated rings. The fraction of sp³-hybridized carbons (Fsp3) is 0.0526. The van der Waals surface area contributed by atoms with Crippen molar-refractivity contribution in [3.63, 3.8) is 0 Å². The quantitative estimate of drug-likeness (QED) is 0.311. The molecule has 1 atom stereocenters. The zero-order valence-electron chi connectivity index (χ0n) is 14.3. The van der Waals surface area contributed by atoms with E-state index >= 15 is 0 Å². The van der Waals surface area contributed by atoms with Crippen LogP contribution in [-0.2, 0) is 14.9 Å². The second kappa shape index (κ2) is 7.87. The first-order valence-corrected chi connectivity index (χ1v) is 10.8. The molecule has 1 unspecified atom stereocenters. The summed E-state index contributed by atoms with van der Waals surface area (Å²) in [7, 11) is -5.09. The van der Waals surface area contributed by atoms with Crippen LogP contribution in [0.2, 0.25) is 20.1 Å². The van der Waals surface area contributed by atoms with Crippen molar-refractivity contribution < 1.29 is 23.2 Å². The van der Waals surface area contributed by atoms with Gasteiger partial charge in [0.1, 0.15) is 11.5 Å². The van der Waals surface area contributed by atoms with Crippen LogP contribution in [-0.4, -0.2) is 23.2 Å². The molecule has 0 heterocycles. The Labute approximate surface area is 186 Å². The smallest absolute Gasteiger partial charge is 0.283 e. The molecule has 5 nitrogen and oxygen atoms in total. The third-order valence-electron chi connectivity index (χ3n) is 4.29. The van der Waals surface area contributed by atoms with Gasteiger partial charge in [-0.1, -0.05) is 58.5 Å². The van der Waals surface area contributed by atoms with E-state index in [9.17, 15) is 23.2 Å². The number of phenols is 2. The summed E-state index contributed by atoms with van der Waals surface area (Å²) in [5.74, 6) is -0.634. The molecule has 29 heavy (non-hydrogen) atoms. The maximum Gasteiger partial charge on any atom is 0.283 e. The first-order chi connectivity index (χ1) is 13.5. The van der Waals surface area contributed by atoms with Crippen LogP contribution in [0.1, 0.15) is 16.7 Å². The lowest BCUT2D eigenvalue weighted by Gasteiger charge is -2.34. The number of halogens is 4. The third-order valence-corrected chi connectivity index (χ3v) is 6.77. The van der Waals surface area contributed by atoms with Gasteiger partial charge >= 0.3 is 0 Å². The lowest BCUT2D eigenvalue weighted by atomic mass is 9.83. The van der Waals surface area contributed by atoms with Crippen molar-refractivity contribution in [3.05, 3.63) is 91.4 Å². The summed E-state index contributed by atoms with van der Waals surface area (Å²) >= 11 is 24.7. The van der Waals surface area contributed by atoms with Gasteiger partial charge in [0, 0.05) is 25.7 Å². The topological polar surface area (TPSA) is 94.8 Å². The van der Waals surface area contributed by atoms with E-state index in [1.54, 1.807) is 0 Å². The Morgan fingerprint density at radius 2 is 1.28 bits per heavy atom. The van der Waals surface area contributed by atoms with Gasteiger partial charge in [0.05, 0.1) is 0 Å². The van der Waals surface area contributed by atoms with Crippen molar-refractivity contribution in [2.45, 2.75) is 4.75 Å². The summed E-state index contributed by atoms with van der Waals surface area (Å²) in [6, 6.07) is 11.2. The Hall–Kier alpha value is -1.67. The highest BCUT2D eigenvalue weighted by molar-refractivity contribution is 7.87. The third kappa shape index (κ3) is 3.89. The summed E-state index contributed by atoms with van der Waals surface area (Å²) < 4.78 is 34.0. The zero-order valence-corrected chi connectivity index (χ0v) is 18.1. The van der Waals surface area contributed by atoms with Crippen molar-refractivity contribution >= 4 is 56.5 Å². The molecule has 0 bridgehead atoms. The molecule has 0 aliphatic carbocycles. The highest BCUT2D eigenvalue weighted by Crippen LogP contribution is 2.51. The van der Waals surface area contributed by atoms with Crippen molar-refractivity contribution in [1.82, 2.24) is 0 Å². The van der Waals surface area contributed by atoms with Gasteiger partial charge < -0.3 is 10.2 Å². The summed E-state index contributed by atoms with van der Waals surface area (Å²) in [5, 5.41) is 19.8. The fourth-order valence-corrected chi connectivity index (χ4v) is 6.02. The fourth-order valence-electron chi connectivity index (χ4n) is 3.26. The molecule has 0 saturated carbocycles. The molecule has 0 aliphatic rings. The molecular formula is C19H12Cl4O5S. The Bertz CT molecular complexity index is 1170. The molecule has 152 valence electrons. The standard InChI is InChI=1S/C19H12Cl4O5S/c20-12-4-11(6-15(25)7-12)19(29(26,27)28,10-2-1-3-14(24)5-10)18-16(22)8-13(21)9-17(18)23/h1-9,24-25H,(H,26,27,28). The van der Waals surface area contributed by atoms with Gasteiger partial charge in [-0.15, -0.1) is 0 Å². The molecule has 0 saturated heterocycles. The van der Waals surface area contributed by atoms with Gasteiger partial charge in [0.25, 0.3) is 10.1 Å². The SMILES string of the molecule is O=S(=O)(O)C(c1cccc(O)c1)(c1cc(O)cc(Cl)c1)c1c(Cl)cc(Cl)cc1Cl. The van der Waals surface area contributed by atoms with E-state index in [4.69, 9.17) is 46.4 Å². The second-order valence-electron chi connectivity index (χ2n) is 6.15. The minimum atomic E-state index is -5.09. The number of phenolic OH excluding ortho intramolecular Hbond substituents is 2. The molecule has 3 N–H and O–H groups in total. The van der Waals surface area contributed by atoms with Gasteiger partial charge in [-0.05, 0) is 53.6 Å². The number of rotatable bonds is 4. The van der Waals surface area contributed by atoms with Crippen LogP contribution in [0.5, 0.6) is 11.5 Å². The van der Waals surface area contributed by atoms with Crippen LogP contribution in [0.4, 0.5) is 0 Å². The minimum Gasteiger partial charge on any atom is -0.508 e. The summed E-state index contributed by atoms with van der Waals surface area (Å²) in [6.07, 6.45) is 0. The van der Waals surface area contributed by atoms with Crippen LogP contribution in [0, 0.1) is 0 Å². The molecule has 0 aliphatic heterocycles. The van der Waals surface area contributed by atoms with E-state index in [1.807, 2.05) is 0 Å². The molecular weight excluding hydrogens is 482 g/mol. The van der Waals surface area contributed by atoms with E-state index in [-0.39, 0.29) is 48.3 Å². The lowest BCUT2D eigenvalue weighted by Crippen LogP contribution is -2.39. The van der Waals surface area contributed by atoms with Crippen LogP contribution in [0.3, 0.4) is 0 Å². The normalized spacial score (nSPS) is 13.8.